The van der Waals surface area contributed by atoms with Crippen molar-refractivity contribution in [1.82, 2.24) is 9.97 Å². The fraction of sp³-hybridized carbons (Fsp3) is 0.600. The Kier molecular flexibility index (Phi) is 2.86. The molecule has 72 valence electrons. The van der Waals surface area contributed by atoms with Crippen LogP contribution in [-0.4, -0.2) is 15.5 Å². The average Bonchev–Trinajstić information content (AvgIpc) is 2.01. The molecule has 0 aromatic carbocycles. The van der Waals surface area contributed by atoms with E-state index in [4.69, 9.17) is 0 Å². The van der Waals surface area contributed by atoms with Gasteiger partial charge in [-0.15, -0.1) is 0 Å². The highest BCUT2D eigenvalue weighted by Crippen LogP contribution is 2.11. The highest BCUT2D eigenvalue weighted by atomic mass is 15.1. The molecule has 0 aliphatic carbocycles. The predicted molar refractivity (Wildman–Crippen MR) is 54.8 cm³/mol. The van der Waals surface area contributed by atoms with Crippen molar-refractivity contribution in [2.24, 2.45) is 0 Å². The zero-order valence-electron chi connectivity index (χ0n) is 8.76. The SMILES string of the molecule is CCc1cc(NC(C)(C)C)ncn1. The number of hydrogen-bond donors (Lipinski definition) is 1. The van der Waals surface area contributed by atoms with Gasteiger partial charge < -0.3 is 5.32 Å². The third-order valence-electron chi connectivity index (χ3n) is 1.59. The largest absolute Gasteiger partial charge is 0.365 e. The van der Waals surface area contributed by atoms with Gasteiger partial charge in [0.1, 0.15) is 12.1 Å². The lowest BCUT2D eigenvalue weighted by atomic mass is 10.1. The maximum absolute atomic E-state index is 4.15. The van der Waals surface area contributed by atoms with Crippen molar-refractivity contribution in [2.75, 3.05) is 5.32 Å². The molecule has 3 nitrogen and oxygen atoms in total. The summed E-state index contributed by atoms with van der Waals surface area (Å²) in [6, 6.07) is 1.99. The third kappa shape index (κ3) is 3.40. The molecule has 1 N–H and O–H groups in total. The lowest BCUT2D eigenvalue weighted by Gasteiger charge is -2.21. The van der Waals surface area contributed by atoms with Gasteiger partial charge in [0.2, 0.25) is 0 Å². The zero-order valence-corrected chi connectivity index (χ0v) is 8.76. The van der Waals surface area contributed by atoms with Crippen LogP contribution in [0.5, 0.6) is 0 Å². The highest BCUT2D eigenvalue weighted by Gasteiger charge is 2.09. The van der Waals surface area contributed by atoms with E-state index in [0.717, 1.165) is 17.9 Å². The number of aromatic nitrogens is 2. The summed E-state index contributed by atoms with van der Waals surface area (Å²) in [6.07, 6.45) is 2.55. The van der Waals surface area contributed by atoms with E-state index >= 15 is 0 Å². The molecule has 0 saturated heterocycles. The Hall–Kier alpha value is -1.12. The maximum atomic E-state index is 4.15. The van der Waals surface area contributed by atoms with Crippen LogP contribution in [0, 0.1) is 0 Å². The van der Waals surface area contributed by atoms with Gasteiger partial charge in [-0.2, -0.15) is 0 Å². The number of nitrogens with one attached hydrogen (secondary N) is 1. The quantitative estimate of drug-likeness (QED) is 0.756. The van der Waals surface area contributed by atoms with Gasteiger partial charge in [-0.05, 0) is 27.2 Å². The maximum Gasteiger partial charge on any atom is 0.129 e. The summed E-state index contributed by atoms with van der Waals surface area (Å²) in [4.78, 5) is 8.29. The monoisotopic (exact) mass is 179 g/mol. The van der Waals surface area contributed by atoms with Crippen LogP contribution in [-0.2, 0) is 6.42 Å². The Morgan fingerprint density at radius 2 is 2.00 bits per heavy atom. The first kappa shape index (κ1) is 9.96. The van der Waals surface area contributed by atoms with Crippen LogP contribution in [0.3, 0.4) is 0 Å². The van der Waals surface area contributed by atoms with Gasteiger partial charge in [-0.25, -0.2) is 9.97 Å². The molecule has 0 amide bonds. The summed E-state index contributed by atoms with van der Waals surface area (Å²) in [6.45, 7) is 8.42. The zero-order chi connectivity index (χ0) is 9.90. The molecular formula is C10H17N3. The molecule has 13 heavy (non-hydrogen) atoms. The van der Waals surface area contributed by atoms with Crippen LogP contribution in [0.2, 0.25) is 0 Å². The molecule has 1 rings (SSSR count). The molecule has 1 aromatic rings. The summed E-state index contributed by atoms with van der Waals surface area (Å²) in [7, 11) is 0. The Labute approximate surface area is 79.6 Å². The van der Waals surface area contributed by atoms with Crippen molar-refractivity contribution in [1.29, 1.82) is 0 Å². The lowest BCUT2D eigenvalue weighted by Crippen LogP contribution is -2.26. The van der Waals surface area contributed by atoms with Crippen molar-refractivity contribution in [3.8, 4) is 0 Å². The molecule has 0 aliphatic heterocycles. The van der Waals surface area contributed by atoms with E-state index in [0.29, 0.717) is 0 Å². The molecule has 0 spiro atoms. The van der Waals surface area contributed by atoms with Gasteiger partial charge >= 0.3 is 0 Å². The van der Waals surface area contributed by atoms with Crippen LogP contribution in [0.25, 0.3) is 0 Å². The number of nitrogens with zero attached hydrogens (tertiary/aromatic N) is 2. The van der Waals surface area contributed by atoms with Crippen LogP contribution in [0.4, 0.5) is 5.82 Å². The second kappa shape index (κ2) is 3.73. The normalized spacial score (nSPS) is 11.4. The lowest BCUT2D eigenvalue weighted by molar-refractivity contribution is 0.629. The fourth-order valence-electron chi connectivity index (χ4n) is 1.04. The Bertz CT molecular complexity index is 276. The molecule has 0 radical (unpaired) electrons. The van der Waals surface area contributed by atoms with Gasteiger partial charge in [-0.3, -0.25) is 0 Å². The summed E-state index contributed by atoms with van der Waals surface area (Å²) < 4.78 is 0. The minimum absolute atomic E-state index is 0.0549. The first-order valence-corrected chi connectivity index (χ1v) is 4.60. The number of hydrogen-bond acceptors (Lipinski definition) is 3. The van der Waals surface area contributed by atoms with Gasteiger partial charge in [-0.1, -0.05) is 6.92 Å². The summed E-state index contributed by atoms with van der Waals surface area (Å²) >= 11 is 0. The van der Waals surface area contributed by atoms with Crippen LogP contribution in [0.1, 0.15) is 33.4 Å². The molecule has 0 bridgehead atoms. The minimum atomic E-state index is 0.0549. The van der Waals surface area contributed by atoms with E-state index in [1.807, 2.05) is 6.07 Å². The standard InChI is InChI=1S/C10H17N3/c1-5-8-6-9(12-7-11-8)13-10(2,3)4/h6-7H,5H2,1-4H3,(H,11,12,13). The second-order valence-corrected chi connectivity index (χ2v) is 4.12. The van der Waals surface area contributed by atoms with E-state index in [1.165, 1.54) is 0 Å². The number of anilines is 1. The predicted octanol–water partition coefficient (Wildman–Crippen LogP) is 2.25. The minimum Gasteiger partial charge on any atom is -0.365 e. The molecule has 0 fully saturated rings. The molecule has 1 heterocycles. The van der Waals surface area contributed by atoms with Crippen molar-refractivity contribution >= 4 is 5.82 Å². The fourth-order valence-corrected chi connectivity index (χ4v) is 1.04. The summed E-state index contributed by atoms with van der Waals surface area (Å²) in [5.41, 5.74) is 1.13. The first-order chi connectivity index (χ1) is 6.01. The van der Waals surface area contributed by atoms with Crippen molar-refractivity contribution in [2.45, 2.75) is 39.7 Å². The molecule has 0 saturated carbocycles. The van der Waals surface area contributed by atoms with E-state index in [-0.39, 0.29) is 5.54 Å². The second-order valence-electron chi connectivity index (χ2n) is 4.12. The van der Waals surface area contributed by atoms with E-state index in [1.54, 1.807) is 6.33 Å². The van der Waals surface area contributed by atoms with Crippen LogP contribution >= 0.6 is 0 Å². The van der Waals surface area contributed by atoms with Gasteiger partial charge in [0.25, 0.3) is 0 Å². The molecule has 0 aliphatic rings. The molecule has 0 unspecified atom stereocenters. The van der Waals surface area contributed by atoms with Crippen LogP contribution < -0.4 is 5.32 Å². The molecular weight excluding hydrogens is 162 g/mol. The Morgan fingerprint density at radius 1 is 1.31 bits per heavy atom. The third-order valence-corrected chi connectivity index (χ3v) is 1.59. The van der Waals surface area contributed by atoms with Gasteiger partial charge in [0, 0.05) is 17.3 Å². The Balaban J connectivity index is 2.78. The molecule has 1 aromatic heterocycles. The number of rotatable bonds is 2. The first-order valence-electron chi connectivity index (χ1n) is 4.60. The Morgan fingerprint density at radius 3 is 2.54 bits per heavy atom. The van der Waals surface area contributed by atoms with Crippen molar-refractivity contribution in [3.63, 3.8) is 0 Å². The van der Waals surface area contributed by atoms with E-state index < -0.39 is 0 Å². The topological polar surface area (TPSA) is 37.8 Å². The number of aryl methyl sites for hydroxylation is 1. The summed E-state index contributed by atoms with van der Waals surface area (Å²) in [5.74, 6) is 0.902. The highest BCUT2D eigenvalue weighted by molar-refractivity contribution is 5.37. The van der Waals surface area contributed by atoms with Crippen molar-refractivity contribution in [3.05, 3.63) is 18.1 Å². The van der Waals surface area contributed by atoms with E-state index in [2.05, 4.69) is 43.0 Å². The summed E-state index contributed by atoms with van der Waals surface area (Å²) in [5, 5.41) is 3.30. The molecule has 3 heteroatoms. The van der Waals surface area contributed by atoms with Gasteiger partial charge in [0.05, 0.1) is 0 Å². The average molecular weight is 179 g/mol. The van der Waals surface area contributed by atoms with Crippen LogP contribution in [0.15, 0.2) is 12.4 Å². The van der Waals surface area contributed by atoms with E-state index in [9.17, 15) is 0 Å². The van der Waals surface area contributed by atoms with Gasteiger partial charge in [0.15, 0.2) is 0 Å². The smallest absolute Gasteiger partial charge is 0.129 e. The molecule has 0 atom stereocenters. The van der Waals surface area contributed by atoms with Crippen molar-refractivity contribution < 1.29 is 0 Å².